The fourth-order valence-electron chi connectivity index (χ4n) is 3.02. The molecule has 0 aliphatic carbocycles. The van der Waals surface area contributed by atoms with Crippen LogP contribution in [-0.4, -0.2) is 20.7 Å². The van der Waals surface area contributed by atoms with Gasteiger partial charge in [-0.15, -0.1) is 0 Å². The molecule has 0 saturated carbocycles. The second-order valence-electron chi connectivity index (χ2n) is 6.60. The quantitative estimate of drug-likeness (QED) is 0.579. The van der Waals surface area contributed by atoms with E-state index in [0.29, 0.717) is 23.5 Å². The molecule has 6 nitrogen and oxygen atoms in total. The van der Waals surface area contributed by atoms with Crippen LogP contribution in [0.5, 0.6) is 0 Å². The molecular formula is C21H20N4O2. The van der Waals surface area contributed by atoms with Gasteiger partial charge in [0.1, 0.15) is 5.76 Å². The van der Waals surface area contributed by atoms with Crippen LogP contribution in [-0.2, 0) is 6.54 Å². The van der Waals surface area contributed by atoms with Crippen molar-refractivity contribution < 1.29 is 9.21 Å². The van der Waals surface area contributed by atoms with Gasteiger partial charge in [-0.05, 0) is 32.0 Å². The molecule has 27 heavy (non-hydrogen) atoms. The molecule has 4 aromatic rings. The van der Waals surface area contributed by atoms with Gasteiger partial charge in [-0.3, -0.25) is 4.79 Å². The number of fused-ring (bicyclic) bond motifs is 1. The lowest BCUT2D eigenvalue weighted by atomic mass is 10.1. The van der Waals surface area contributed by atoms with Crippen molar-refractivity contribution in [3.63, 3.8) is 0 Å². The molecule has 1 aromatic carbocycles. The van der Waals surface area contributed by atoms with E-state index < -0.39 is 0 Å². The summed E-state index contributed by atoms with van der Waals surface area (Å²) in [6.07, 6.45) is 3.30. The number of nitrogens with zero attached hydrogens (tertiary/aromatic N) is 3. The first kappa shape index (κ1) is 17.0. The molecule has 4 rings (SSSR count). The summed E-state index contributed by atoms with van der Waals surface area (Å²) in [6.45, 7) is 4.41. The second-order valence-corrected chi connectivity index (χ2v) is 6.60. The zero-order valence-corrected chi connectivity index (χ0v) is 15.2. The van der Waals surface area contributed by atoms with Gasteiger partial charge in [0.2, 0.25) is 0 Å². The van der Waals surface area contributed by atoms with E-state index >= 15 is 0 Å². The van der Waals surface area contributed by atoms with Gasteiger partial charge in [-0.2, -0.15) is 5.10 Å². The Morgan fingerprint density at radius 2 is 2.00 bits per heavy atom. The molecule has 136 valence electrons. The van der Waals surface area contributed by atoms with Crippen molar-refractivity contribution in [1.29, 1.82) is 0 Å². The third-order valence-electron chi connectivity index (χ3n) is 4.37. The van der Waals surface area contributed by atoms with E-state index in [9.17, 15) is 4.79 Å². The number of rotatable bonds is 5. The van der Waals surface area contributed by atoms with Gasteiger partial charge in [0.25, 0.3) is 5.91 Å². The van der Waals surface area contributed by atoms with Gasteiger partial charge in [0, 0.05) is 11.6 Å². The van der Waals surface area contributed by atoms with Gasteiger partial charge in [0.05, 0.1) is 35.6 Å². The van der Waals surface area contributed by atoms with Crippen LogP contribution in [0.2, 0.25) is 0 Å². The maximum atomic E-state index is 12.9. The number of carbonyl (C=O) groups is 1. The van der Waals surface area contributed by atoms with Crippen LogP contribution >= 0.6 is 0 Å². The molecule has 0 bridgehead atoms. The van der Waals surface area contributed by atoms with Crippen LogP contribution in [0.3, 0.4) is 0 Å². The lowest BCUT2D eigenvalue weighted by molar-refractivity contribution is 0.0949. The number of pyridine rings is 1. The van der Waals surface area contributed by atoms with Crippen molar-refractivity contribution >= 4 is 16.9 Å². The number of carbonyl (C=O) groups excluding carboxylic acids is 1. The smallest absolute Gasteiger partial charge is 0.252 e. The Morgan fingerprint density at radius 3 is 2.70 bits per heavy atom. The molecule has 0 atom stereocenters. The molecule has 0 saturated heterocycles. The number of hydrogen-bond acceptors (Lipinski definition) is 4. The molecule has 0 aliphatic heterocycles. The van der Waals surface area contributed by atoms with E-state index in [4.69, 9.17) is 9.40 Å². The number of furan rings is 1. The molecule has 3 aromatic heterocycles. The third-order valence-corrected chi connectivity index (χ3v) is 4.37. The average Bonchev–Trinajstić information content (AvgIpc) is 3.35. The Labute approximate surface area is 156 Å². The molecule has 1 N–H and O–H groups in total. The zero-order valence-electron chi connectivity index (χ0n) is 15.2. The summed E-state index contributed by atoms with van der Waals surface area (Å²) in [7, 11) is 0. The number of aromatic nitrogens is 3. The summed E-state index contributed by atoms with van der Waals surface area (Å²) in [5, 5.41) is 8.09. The Morgan fingerprint density at radius 1 is 1.19 bits per heavy atom. The average molecular weight is 360 g/mol. The third kappa shape index (κ3) is 3.33. The zero-order chi connectivity index (χ0) is 18.8. The summed E-state index contributed by atoms with van der Waals surface area (Å²) in [5.74, 6) is 0.522. The lowest BCUT2D eigenvalue weighted by Crippen LogP contribution is -2.23. The summed E-state index contributed by atoms with van der Waals surface area (Å²) in [4.78, 5) is 17.7. The van der Waals surface area contributed by atoms with Crippen molar-refractivity contribution in [1.82, 2.24) is 20.1 Å². The monoisotopic (exact) mass is 360 g/mol. The van der Waals surface area contributed by atoms with Crippen molar-refractivity contribution in [3.05, 3.63) is 72.3 Å². The Bertz CT molecular complexity index is 1070. The first-order chi connectivity index (χ1) is 13.1. The van der Waals surface area contributed by atoms with E-state index in [2.05, 4.69) is 10.4 Å². The maximum absolute atomic E-state index is 12.9. The van der Waals surface area contributed by atoms with Crippen molar-refractivity contribution in [2.75, 3.05) is 0 Å². The van der Waals surface area contributed by atoms with Gasteiger partial charge in [-0.1, -0.05) is 30.3 Å². The van der Waals surface area contributed by atoms with Crippen LogP contribution < -0.4 is 5.32 Å². The fourth-order valence-corrected chi connectivity index (χ4v) is 3.02. The van der Waals surface area contributed by atoms with Gasteiger partial charge in [0.15, 0.2) is 5.65 Å². The maximum Gasteiger partial charge on any atom is 0.252 e. The van der Waals surface area contributed by atoms with Crippen LogP contribution in [0.15, 0.2) is 65.4 Å². The van der Waals surface area contributed by atoms with Crippen LogP contribution in [0.1, 0.15) is 36.0 Å². The highest BCUT2D eigenvalue weighted by Crippen LogP contribution is 2.26. The normalized spacial score (nSPS) is 11.2. The number of nitrogens with one attached hydrogen (secondary N) is 1. The van der Waals surface area contributed by atoms with Crippen molar-refractivity contribution in [2.24, 2.45) is 0 Å². The number of benzene rings is 1. The molecule has 0 fully saturated rings. The molecule has 0 aliphatic rings. The Balaban J connectivity index is 1.79. The van der Waals surface area contributed by atoms with Crippen LogP contribution in [0.4, 0.5) is 0 Å². The minimum atomic E-state index is -0.181. The predicted octanol–water partition coefficient (Wildman–Crippen LogP) is 4.20. The highest BCUT2D eigenvalue weighted by molar-refractivity contribution is 6.06. The molecule has 1 amide bonds. The summed E-state index contributed by atoms with van der Waals surface area (Å²) < 4.78 is 7.13. The number of hydrogen-bond donors (Lipinski definition) is 1. The lowest BCUT2D eigenvalue weighted by Gasteiger charge is -2.11. The van der Waals surface area contributed by atoms with Crippen LogP contribution in [0, 0.1) is 0 Å². The number of amides is 1. The van der Waals surface area contributed by atoms with Gasteiger partial charge >= 0.3 is 0 Å². The van der Waals surface area contributed by atoms with Crippen molar-refractivity contribution in [2.45, 2.75) is 26.4 Å². The molecule has 3 heterocycles. The predicted molar refractivity (Wildman–Crippen MR) is 103 cm³/mol. The van der Waals surface area contributed by atoms with E-state index in [-0.39, 0.29) is 11.9 Å². The molecule has 0 radical (unpaired) electrons. The minimum Gasteiger partial charge on any atom is -0.467 e. The standard InChI is InChI=1S/C21H20N4O2/c1-14(2)25-20-18(13-23-25)17(21(26)22-12-16-9-6-10-27-16)11-19(24-20)15-7-4-3-5-8-15/h3-11,13-14H,12H2,1-2H3,(H,22,26). The van der Waals surface area contributed by atoms with E-state index in [1.165, 1.54) is 0 Å². The first-order valence-corrected chi connectivity index (χ1v) is 8.88. The Kier molecular flexibility index (Phi) is 4.46. The van der Waals surface area contributed by atoms with E-state index in [1.807, 2.05) is 61.0 Å². The fraction of sp³-hybridized carbons (Fsp3) is 0.190. The van der Waals surface area contributed by atoms with Gasteiger partial charge in [-0.25, -0.2) is 9.67 Å². The summed E-state index contributed by atoms with van der Waals surface area (Å²) in [5.41, 5.74) is 2.96. The highest BCUT2D eigenvalue weighted by atomic mass is 16.3. The van der Waals surface area contributed by atoms with Crippen molar-refractivity contribution in [3.8, 4) is 11.3 Å². The minimum absolute atomic E-state index is 0.139. The van der Waals surface area contributed by atoms with E-state index in [1.54, 1.807) is 18.5 Å². The highest BCUT2D eigenvalue weighted by Gasteiger charge is 2.18. The summed E-state index contributed by atoms with van der Waals surface area (Å²) in [6, 6.07) is 15.4. The van der Waals surface area contributed by atoms with Crippen LogP contribution in [0.25, 0.3) is 22.3 Å². The topological polar surface area (TPSA) is 73.0 Å². The van der Waals surface area contributed by atoms with E-state index in [0.717, 1.165) is 16.6 Å². The Hall–Kier alpha value is -3.41. The largest absolute Gasteiger partial charge is 0.467 e. The molecular weight excluding hydrogens is 340 g/mol. The SMILES string of the molecule is CC(C)n1ncc2c(C(=O)NCc3ccco3)cc(-c3ccccc3)nc21. The first-order valence-electron chi connectivity index (χ1n) is 8.88. The molecule has 0 unspecified atom stereocenters. The molecule has 0 spiro atoms. The molecule has 6 heteroatoms. The van der Waals surface area contributed by atoms with Gasteiger partial charge < -0.3 is 9.73 Å². The second kappa shape index (κ2) is 7.07. The summed E-state index contributed by atoms with van der Waals surface area (Å²) >= 11 is 0.